The van der Waals surface area contributed by atoms with E-state index >= 15 is 0 Å². The second kappa shape index (κ2) is 7.17. The zero-order valence-electron chi connectivity index (χ0n) is 14.1. The fraction of sp³-hybridized carbons (Fsp3) is 0.556. The Bertz CT molecular complexity index is 661. The van der Waals surface area contributed by atoms with Crippen molar-refractivity contribution in [1.29, 1.82) is 0 Å². The van der Waals surface area contributed by atoms with Gasteiger partial charge in [-0.3, -0.25) is 4.79 Å². The second-order valence-corrected chi connectivity index (χ2v) is 7.04. The molecule has 3 atom stereocenters. The van der Waals surface area contributed by atoms with E-state index in [2.05, 4.69) is 5.32 Å². The van der Waals surface area contributed by atoms with Gasteiger partial charge in [0, 0.05) is 25.6 Å². The number of rotatable bonds is 5. The van der Waals surface area contributed by atoms with Gasteiger partial charge in [-0.15, -0.1) is 0 Å². The number of carboxylic acids is 1. The van der Waals surface area contributed by atoms with Crippen molar-refractivity contribution in [3.63, 3.8) is 0 Å². The minimum absolute atomic E-state index is 0.122. The Balaban J connectivity index is 1.62. The molecule has 0 aromatic heterocycles. The number of hydrogen-bond acceptors (Lipinski definition) is 2. The second-order valence-electron chi connectivity index (χ2n) is 7.04. The molecule has 26 heavy (non-hydrogen) atoms. The summed E-state index contributed by atoms with van der Waals surface area (Å²) in [6.45, 7) is -0.713. The Morgan fingerprint density at radius 3 is 2.35 bits per heavy atom. The molecular weight excluding hydrogens is 349 g/mol. The molecule has 2 amide bonds. The van der Waals surface area contributed by atoms with Crippen LogP contribution in [0.25, 0.3) is 0 Å². The van der Waals surface area contributed by atoms with Crippen LogP contribution < -0.4 is 5.32 Å². The molecule has 0 spiro atoms. The highest BCUT2D eigenvalue weighted by Gasteiger charge is 2.53. The molecular formula is C18H21F3N2O3. The fourth-order valence-corrected chi connectivity index (χ4v) is 3.62. The van der Waals surface area contributed by atoms with E-state index in [4.69, 9.17) is 5.11 Å². The van der Waals surface area contributed by atoms with E-state index in [9.17, 15) is 22.8 Å². The highest BCUT2D eigenvalue weighted by atomic mass is 19.4. The Kier molecular flexibility index (Phi) is 5.11. The predicted octanol–water partition coefficient (Wildman–Crippen LogP) is 3.08. The number of halogens is 3. The zero-order valence-corrected chi connectivity index (χ0v) is 14.1. The maximum Gasteiger partial charge on any atom is 0.394 e. The van der Waals surface area contributed by atoms with Crippen LogP contribution in [-0.4, -0.2) is 47.8 Å². The van der Waals surface area contributed by atoms with Gasteiger partial charge < -0.3 is 15.3 Å². The summed E-state index contributed by atoms with van der Waals surface area (Å²) in [4.78, 5) is 24.4. The van der Waals surface area contributed by atoms with Crippen LogP contribution in [0.5, 0.6) is 0 Å². The summed E-state index contributed by atoms with van der Waals surface area (Å²) in [6, 6.07) is 9.05. The molecule has 1 heterocycles. The lowest BCUT2D eigenvalue weighted by Crippen LogP contribution is -2.41. The Labute approximate surface area is 149 Å². The Morgan fingerprint density at radius 1 is 1.19 bits per heavy atom. The molecule has 2 fully saturated rings. The van der Waals surface area contributed by atoms with Gasteiger partial charge in [0.1, 0.15) is 0 Å². The molecule has 2 N–H and O–H groups in total. The van der Waals surface area contributed by atoms with Gasteiger partial charge in [0.15, 0.2) is 0 Å². The third-order valence-corrected chi connectivity index (χ3v) is 5.24. The van der Waals surface area contributed by atoms with E-state index in [0.717, 1.165) is 23.3 Å². The molecule has 3 rings (SSSR count). The minimum atomic E-state index is -4.64. The number of likely N-dealkylation sites (tertiary alicyclic amines) is 1. The average Bonchev–Trinajstić information content (AvgIpc) is 3.30. The maximum atomic E-state index is 13.0. The SMILES string of the molecule is O=C(O)[C@@H]1CN(C(=O)NCC(c2ccccc2)C2CC2)C[C@H]1C(F)(F)F. The minimum Gasteiger partial charge on any atom is -0.481 e. The van der Waals surface area contributed by atoms with Crippen molar-refractivity contribution in [2.75, 3.05) is 19.6 Å². The normalized spacial score (nSPS) is 24.3. The first-order chi connectivity index (χ1) is 12.3. The van der Waals surface area contributed by atoms with Gasteiger partial charge in [0.05, 0.1) is 11.8 Å². The predicted molar refractivity (Wildman–Crippen MR) is 87.5 cm³/mol. The summed E-state index contributed by atoms with van der Waals surface area (Å²) >= 11 is 0. The van der Waals surface area contributed by atoms with Crippen molar-refractivity contribution in [3.05, 3.63) is 35.9 Å². The van der Waals surface area contributed by atoms with E-state index in [1.54, 1.807) is 0 Å². The number of carboxylic acid groups (broad SMARTS) is 1. The largest absolute Gasteiger partial charge is 0.481 e. The summed E-state index contributed by atoms with van der Waals surface area (Å²) < 4.78 is 39.1. The van der Waals surface area contributed by atoms with Crippen molar-refractivity contribution in [2.45, 2.75) is 24.9 Å². The highest BCUT2D eigenvalue weighted by Crippen LogP contribution is 2.42. The molecule has 1 aromatic rings. The van der Waals surface area contributed by atoms with Gasteiger partial charge in [-0.1, -0.05) is 30.3 Å². The first-order valence-corrected chi connectivity index (χ1v) is 8.64. The zero-order chi connectivity index (χ0) is 18.9. The van der Waals surface area contributed by atoms with Crippen LogP contribution in [0.3, 0.4) is 0 Å². The van der Waals surface area contributed by atoms with E-state index in [-0.39, 0.29) is 5.92 Å². The quantitative estimate of drug-likeness (QED) is 0.837. The first kappa shape index (κ1) is 18.5. The molecule has 1 saturated heterocycles. The number of hydrogen-bond donors (Lipinski definition) is 2. The molecule has 142 valence electrons. The molecule has 1 unspecified atom stereocenters. The molecule has 1 aliphatic heterocycles. The number of carbonyl (C=O) groups is 2. The van der Waals surface area contributed by atoms with Crippen LogP contribution in [0.4, 0.5) is 18.0 Å². The first-order valence-electron chi connectivity index (χ1n) is 8.64. The van der Waals surface area contributed by atoms with Gasteiger partial charge in [0.25, 0.3) is 0 Å². The number of benzene rings is 1. The van der Waals surface area contributed by atoms with Gasteiger partial charge in [-0.05, 0) is 24.3 Å². The van der Waals surface area contributed by atoms with E-state index in [1.807, 2.05) is 30.3 Å². The van der Waals surface area contributed by atoms with Crippen LogP contribution in [0, 0.1) is 17.8 Å². The van der Waals surface area contributed by atoms with Crippen LogP contribution in [0.1, 0.15) is 24.3 Å². The number of urea groups is 1. The smallest absolute Gasteiger partial charge is 0.394 e. The lowest BCUT2D eigenvalue weighted by molar-refractivity contribution is -0.187. The van der Waals surface area contributed by atoms with Crippen molar-refractivity contribution in [2.24, 2.45) is 17.8 Å². The van der Waals surface area contributed by atoms with Gasteiger partial charge in [-0.25, -0.2) is 4.79 Å². The number of amides is 2. The van der Waals surface area contributed by atoms with Crippen LogP contribution in [0.2, 0.25) is 0 Å². The summed E-state index contributed by atoms with van der Waals surface area (Å²) in [5.41, 5.74) is 1.09. The van der Waals surface area contributed by atoms with Crippen molar-refractivity contribution >= 4 is 12.0 Å². The molecule has 5 nitrogen and oxygen atoms in total. The van der Waals surface area contributed by atoms with E-state index in [0.29, 0.717) is 12.5 Å². The Morgan fingerprint density at radius 2 is 1.85 bits per heavy atom. The maximum absolute atomic E-state index is 13.0. The summed E-state index contributed by atoms with van der Waals surface area (Å²) in [7, 11) is 0. The molecule has 0 bridgehead atoms. The molecule has 1 saturated carbocycles. The summed E-state index contributed by atoms with van der Waals surface area (Å²) in [6.07, 6.45) is -2.51. The molecule has 2 aliphatic rings. The molecule has 1 aromatic carbocycles. The highest BCUT2D eigenvalue weighted by molar-refractivity contribution is 5.77. The van der Waals surface area contributed by atoms with Crippen molar-refractivity contribution < 1.29 is 27.9 Å². The summed E-state index contributed by atoms with van der Waals surface area (Å²) in [5.74, 6) is -4.58. The monoisotopic (exact) mass is 370 g/mol. The average molecular weight is 370 g/mol. The summed E-state index contributed by atoms with van der Waals surface area (Å²) in [5, 5.41) is 11.7. The molecule has 8 heteroatoms. The van der Waals surface area contributed by atoms with Gasteiger partial charge >= 0.3 is 18.2 Å². The number of aliphatic carboxylic acids is 1. The number of nitrogens with zero attached hydrogens (tertiary/aromatic N) is 1. The van der Waals surface area contributed by atoms with Crippen molar-refractivity contribution in [1.82, 2.24) is 10.2 Å². The van der Waals surface area contributed by atoms with E-state index in [1.165, 1.54) is 0 Å². The van der Waals surface area contributed by atoms with Crippen LogP contribution >= 0.6 is 0 Å². The van der Waals surface area contributed by atoms with Crippen LogP contribution in [-0.2, 0) is 4.79 Å². The standard InChI is InChI=1S/C18H21F3N2O3/c19-18(20,21)15-10-23(9-14(15)16(24)25)17(26)22-8-13(12-6-7-12)11-4-2-1-3-5-11/h1-5,12-15H,6-10H2,(H,22,26)(H,24,25)/t13?,14-,15-/m1/s1. The van der Waals surface area contributed by atoms with E-state index < -0.39 is 43.1 Å². The molecule has 0 radical (unpaired) electrons. The molecule has 1 aliphatic carbocycles. The lowest BCUT2D eigenvalue weighted by Gasteiger charge is -2.22. The fourth-order valence-electron chi connectivity index (χ4n) is 3.62. The van der Waals surface area contributed by atoms with Gasteiger partial charge in [0.2, 0.25) is 0 Å². The topological polar surface area (TPSA) is 69.6 Å². The Hall–Kier alpha value is -2.25. The third kappa shape index (κ3) is 4.11. The van der Waals surface area contributed by atoms with Gasteiger partial charge in [-0.2, -0.15) is 13.2 Å². The van der Waals surface area contributed by atoms with Crippen LogP contribution in [0.15, 0.2) is 30.3 Å². The third-order valence-electron chi connectivity index (χ3n) is 5.24. The number of nitrogens with one attached hydrogen (secondary N) is 1. The number of carbonyl (C=O) groups excluding carboxylic acids is 1. The number of alkyl halides is 3. The van der Waals surface area contributed by atoms with Crippen molar-refractivity contribution in [3.8, 4) is 0 Å². The lowest BCUT2D eigenvalue weighted by atomic mass is 9.94.